The van der Waals surface area contributed by atoms with Gasteiger partial charge in [0.05, 0.1) is 11.0 Å². The van der Waals surface area contributed by atoms with Crippen LogP contribution in [0.5, 0.6) is 0 Å². The van der Waals surface area contributed by atoms with Gasteiger partial charge in [-0.25, -0.2) is 9.59 Å². The molecular weight excluding hydrogens is 374 g/mol. The van der Waals surface area contributed by atoms with Crippen LogP contribution in [0.1, 0.15) is 39.0 Å². The van der Waals surface area contributed by atoms with E-state index in [1.54, 1.807) is 7.05 Å². The topological polar surface area (TPSA) is 105 Å². The van der Waals surface area contributed by atoms with Crippen LogP contribution in [0.3, 0.4) is 0 Å². The molecule has 154 valence electrons. The van der Waals surface area contributed by atoms with Gasteiger partial charge >= 0.3 is 11.7 Å². The summed E-state index contributed by atoms with van der Waals surface area (Å²) in [6, 6.07) is 6.74. The zero-order chi connectivity index (χ0) is 20.8. The maximum Gasteiger partial charge on any atom is 0.344 e. The van der Waals surface area contributed by atoms with Gasteiger partial charge in [-0.3, -0.25) is 24.1 Å². The molecule has 9 nitrogen and oxygen atoms in total. The number of fused-ring (bicyclic) bond motifs is 1. The lowest BCUT2D eigenvalue weighted by Crippen LogP contribution is -2.51. The highest BCUT2D eigenvalue weighted by molar-refractivity contribution is 6.08. The third-order valence-electron chi connectivity index (χ3n) is 6.14. The number of imidazole rings is 1. The van der Waals surface area contributed by atoms with E-state index in [1.165, 1.54) is 9.13 Å². The molecule has 1 aromatic carbocycles. The van der Waals surface area contributed by atoms with E-state index in [0.717, 1.165) is 28.9 Å². The number of aromatic nitrogens is 2. The van der Waals surface area contributed by atoms with Crippen molar-refractivity contribution in [1.82, 2.24) is 24.9 Å². The average Bonchev–Trinajstić information content (AvgIpc) is 3.09. The van der Waals surface area contributed by atoms with Crippen LogP contribution in [0, 0.1) is 5.92 Å². The van der Waals surface area contributed by atoms with E-state index in [0.29, 0.717) is 18.8 Å². The Balaban J connectivity index is 1.43. The number of benzene rings is 1. The highest BCUT2D eigenvalue weighted by atomic mass is 16.2. The number of nitrogens with zero attached hydrogens (tertiary/aromatic N) is 3. The molecule has 1 saturated carbocycles. The third-order valence-corrected chi connectivity index (χ3v) is 6.14. The molecule has 2 fully saturated rings. The SMILES string of the molecule is CC1CCC2(CC1)NC(=O)N(NC(=O)CCn1c(=O)n(C)c3ccccc31)C2=O. The number of nitrogens with one attached hydrogen (secondary N) is 2. The normalized spacial score (nSPS) is 24.3. The molecule has 4 rings (SSSR count). The zero-order valence-corrected chi connectivity index (χ0v) is 16.6. The second-order valence-corrected chi connectivity index (χ2v) is 8.10. The second kappa shape index (κ2) is 7.06. The Kier molecular flexibility index (Phi) is 4.68. The Bertz CT molecular complexity index is 1040. The van der Waals surface area contributed by atoms with Crippen molar-refractivity contribution in [2.24, 2.45) is 13.0 Å². The summed E-state index contributed by atoms with van der Waals surface area (Å²) in [5.41, 5.74) is 2.81. The van der Waals surface area contributed by atoms with Crippen LogP contribution < -0.4 is 16.4 Å². The zero-order valence-electron chi connectivity index (χ0n) is 16.6. The molecule has 29 heavy (non-hydrogen) atoms. The van der Waals surface area contributed by atoms with Gasteiger partial charge in [0.1, 0.15) is 5.54 Å². The monoisotopic (exact) mass is 399 g/mol. The van der Waals surface area contributed by atoms with Crippen molar-refractivity contribution in [1.29, 1.82) is 0 Å². The molecule has 4 amide bonds. The van der Waals surface area contributed by atoms with Crippen molar-refractivity contribution in [3.05, 3.63) is 34.7 Å². The predicted molar refractivity (Wildman–Crippen MR) is 106 cm³/mol. The van der Waals surface area contributed by atoms with E-state index in [2.05, 4.69) is 17.7 Å². The van der Waals surface area contributed by atoms with Crippen LogP contribution >= 0.6 is 0 Å². The van der Waals surface area contributed by atoms with E-state index in [1.807, 2.05) is 24.3 Å². The highest BCUT2D eigenvalue weighted by Crippen LogP contribution is 2.35. The van der Waals surface area contributed by atoms with Crippen molar-refractivity contribution in [2.75, 3.05) is 0 Å². The van der Waals surface area contributed by atoms with Crippen LogP contribution in [0.25, 0.3) is 11.0 Å². The summed E-state index contributed by atoms with van der Waals surface area (Å²) in [4.78, 5) is 50.0. The molecule has 0 atom stereocenters. The lowest BCUT2D eigenvalue weighted by atomic mass is 9.77. The Labute approximate surface area is 167 Å². The van der Waals surface area contributed by atoms with Gasteiger partial charge in [-0.15, -0.1) is 0 Å². The van der Waals surface area contributed by atoms with Crippen LogP contribution in [0.2, 0.25) is 0 Å². The van der Waals surface area contributed by atoms with Crippen molar-refractivity contribution >= 4 is 28.9 Å². The molecular formula is C20H25N5O4. The van der Waals surface area contributed by atoms with Gasteiger partial charge in [0.2, 0.25) is 5.91 Å². The number of hydrazine groups is 1. The number of hydrogen-bond acceptors (Lipinski definition) is 4. The quantitative estimate of drug-likeness (QED) is 0.755. The molecule has 1 aliphatic carbocycles. The smallest absolute Gasteiger partial charge is 0.322 e. The van der Waals surface area contributed by atoms with Gasteiger partial charge in [-0.1, -0.05) is 19.1 Å². The van der Waals surface area contributed by atoms with Crippen molar-refractivity contribution in [3.8, 4) is 0 Å². The third kappa shape index (κ3) is 3.20. The molecule has 2 aromatic rings. The highest BCUT2D eigenvalue weighted by Gasteiger charge is 2.52. The summed E-state index contributed by atoms with van der Waals surface area (Å²) < 4.78 is 3.04. The van der Waals surface area contributed by atoms with E-state index < -0.39 is 23.4 Å². The first kappa shape index (κ1) is 19.2. The number of urea groups is 1. The first-order chi connectivity index (χ1) is 13.8. The van der Waals surface area contributed by atoms with Crippen LogP contribution in [0.15, 0.2) is 29.1 Å². The van der Waals surface area contributed by atoms with Crippen LogP contribution in [0.4, 0.5) is 4.79 Å². The standard InChI is InChI=1S/C20H25N5O4/c1-13-7-10-20(11-8-13)17(27)25(18(28)21-20)22-16(26)9-12-24-15-6-4-3-5-14(15)23(2)19(24)29/h3-6,13H,7-12H2,1-2H3,(H,21,28)(H,22,26). The number of para-hydroxylation sites is 2. The van der Waals surface area contributed by atoms with E-state index in [-0.39, 0.29) is 18.7 Å². The fourth-order valence-electron chi connectivity index (χ4n) is 4.29. The molecule has 2 N–H and O–H groups in total. The van der Waals surface area contributed by atoms with Gasteiger partial charge in [-0.05, 0) is 43.7 Å². The van der Waals surface area contributed by atoms with E-state index >= 15 is 0 Å². The molecule has 1 aliphatic heterocycles. The van der Waals surface area contributed by atoms with Gasteiger partial charge in [0.25, 0.3) is 5.91 Å². The molecule has 1 spiro atoms. The largest absolute Gasteiger partial charge is 0.344 e. The summed E-state index contributed by atoms with van der Waals surface area (Å²) in [5, 5.41) is 3.57. The molecule has 0 radical (unpaired) electrons. The lowest BCUT2D eigenvalue weighted by Gasteiger charge is -2.33. The van der Waals surface area contributed by atoms with E-state index in [4.69, 9.17) is 0 Å². The average molecular weight is 399 g/mol. The summed E-state index contributed by atoms with van der Waals surface area (Å²) >= 11 is 0. The Morgan fingerprint density at radius 2 is 1.83 bits per heavy atom. The Morgan fingerprint density at radius 1 is 1.17 bits per heavy atom. The number of carbonyl (C=O) groups excluding carboxylic acids is 3. The number of amides is 4. The maximum absolute atomic E-state index is 12.8. The first-order valence-corrected chi connectivity index (χ1v) is 9.93. The molecule has 2 aliphatic rings. The molecule has 0 unspecified atom stereocenters. The fraction of sp³-hybridized carbons (Fsp3) is 0.500. The van der Waals surface area contributed by atoms with Crippen molar-refractivity contribution in [2.45, 2.75) is 51.1 Å². The summed E-state index contributed by atoms with van der Waals surface area (Å²) in [6.45, 7) is 2.28. The van der Waals surface area contributed by atoms with Gasteiger partial charge < -0.3 is 5.32 Å². The van der Waals surface area contributed by atoms with E-state index in [9.17, 15) is 19.2 Å². The number of rotatable bonds is 4. The summed E-state index contributed by atoms with van der Waals surface area (Å²) in [5.74, 6) is -0.368. The van der Waals surface area contributed by atoms with Crippen molar-refractivity contribution < 1.29 is 14.4 Å². The molecule has 2 heterocycles. The summed E-state index contributed by atoms with van der Waals surface area (Å²) in [6.07, 6.45) is 2.84. The number of carbonyl (C=O) groups is 3. The molecule has 1 saturated heterocycles. The number of hydrogen-bond donors (Lipinski definition) is 2. The second-order valence-electron chi connectivity index (χ2n) is 8.10. The van der Waals surface area contributed by atoms with Crippen LogP contribution in [-0.2, 0) is 23.2 Å². The van der Waals surface area contributed by atoms with Crippen molar-refractivity contribution in [3.63, 3.8) is 0 Å². The minimum Gasteiger partial charge on any atom is -0.322 e. The Hall–Kier alpha value is -3.10. The molecule has 0 bridgehead atoms. The molecule has 1 aromatic heterocycles. The minimum absolute atomic E-state index is 0.0327. The molecule has 9 heteroatoms. The van der Waals surface area contributed by atoms with Gasteiger partial charge in [-0.2, -0.15) is 5.01 Å². The van der Waals surface area contributed by atoms with Crippen LogP contribution in [-0.4, -0.2) is 37.5 Å². The first-order valence-electron chi connectivity index (χ1n) is 9.93. The number of imide groups is 1. The number of aryl methyl sites for hydroxylation is 2. The minimum atomic E-state index is -0.899. The maximum atomic E-state index is 12.8. The Morgan fingerprint density at radius 3 is 2.52 bits per heavy atom. The van der Waals surface area contributed by atoms with Gasteiger partial charge in [0.15, 0.2) is 0 Å². The lowest BCUT2D eigenvalue weighted by molar-refractivity contribution is -0.140. The fourth-order valence-corrected chi connectivity index (χ4v) is 4.29. The predicted octanol–water partition coefficient (Wildman–Crippen LogP) is 1.26. The van der Waals surface area contributed by atoms with Gasteiger partial charge in [0, 0.05) is 20.0 Å². The summed E-state index contributed by atoms with van der Waals surface area (Å²) in [7, 11) is 1.68.